The third-order valence-corrected chi connectivity index (χ3v) is 6.64. The summed E-state index contributed by atoms with van der Waals surface area (Å²) >= 11 is 0. The molecule has 0 radical (unpaired) electrons. The van der Waals surface area contributed by atoms with Crippen molar-refractivity contribution in [2.24, 2.45) is 11.3 Å². The van der Waals surface area contributed by atoms with Crippen LogP contribution in [0.2, 0.25) is 0 Å². The Morgan fingerprint density at radius 3 is 2.48 bits per heavy atom. The van der Waals surface area contributed by atoms with E-state index in [9.17, 15) is 4.79 Å². The first-order valence-electron chi connectivity index (χ1n) is 10.0. The van der Waals surface area contributed by atoms with Gasteiger partial charge in [-0.3, -0.25) is 4.90 Å². The number of benzene rings is 1. The normalized spacial score (nSPS) is 23.6. The zero-order valence-electron chi connectivity index (χ0n) is 15.3. The van der Waals surface area contributed by atoms with Crippen molar-refractivity contribution >= 4 is 6.03 Å². The number of nitrogens with one attached hydrogen (secondary N) is 1. The number of urea groups is 1. The van der Waals surface area contributed by atoms with E-state index in [0.717, 1.165) is 39.3 Å². The molecule has 1 N–H and O–H groups in total. The van der Waals surface area contributed by atoms with Crippen LogP contribution in [0.15, 0.2) is 30.3 Å². The van der Waals surface area contributed by atoms with Crippen LogP contribution in [0.3, 0.4) is 0 Å². The van der Waals surface area contributed by atoms with Crippen LogP contribution in [-0.4, -0.2) is 48.6 Å². The Labute approximate surface area is 151 Å². The molecule has 4 heteroatoms. The molecular formula is C21H31N3O. The molecule has 25 heavy (non-hydrogen) atoms. The first kappa shape index (κ1) is 16.9. The van der Waals surface area contributed by atoms with Crippen LogP contribution < -0.4 is 5.32 Å². The molecule has 0 aromatic heterocycles. The molecule has 0 unspecified atom stereocenters. The molecule has 1 saturated carbocycles. The molecule has 0 atom stereocenters. The Balaban J connectivity index is 1.16. The van der Waals surface area contributed by atoms with Crippen molar-refractivity contribution < 1.29 is 4.79 Å². The fraction of sp³-hybridized carbons (Fsp3) is 0.667. The third-order valence-electron chi connectivity index (χ3n) is 6.64. The van der Waals surface area contributed by atoms with Gasteiger partial charge in [0.25, 0.3) is 0 Å². The van der Waals surface area contributed by atoms with Gasteiger partial charge in [-0.2, -0.15) is 0 Å². The lowest BCUT2D eigenvalue weighted by Gasteiger charge is -2.38. The summed E-state index contributed by atoms with van der Waals surface area (Å²) in [6.45, 7) is 6.14. The molecule has 2 amide bonds. The number of hydrogen-bond donors (Lipinski definition) is 1. The SMILES string of the molecule is O=C(NCC1CCN(Cc2ccccc2)CC1)N1CCC2(CCC2)C1. The smallest absolute Gasteiger partial charge is 0.317 e. The molecule has 136 valence electrons. The van der Waals surface area contributed by atoms with Gasteiger partial charge in [-0.15, -0.1) is 0 Å². The molecule has 3 fully saturated rings. The van der Waals surface area contributed by atoms with E-state index < -0.39 is 0 Å². The first-order chi connectivity index (χ1) is 12.2. The number of carbonyl (C=O) groups is 1. The van der Waals surface area contributed by atoms with Crippen LogP contribution in [0.5, 0.6) is 0 Å². The highest BCUT2D eigenvalue weighted by Gasteiger charge is 2.44. The van der Waals surface area contributed by atoms with Gasteiger partial charge < -0.3 is 10.2 Å². The molecule has 1 spiro atoms. The van der Waals surface area contributed by atoms with Crippen LogP contribution in [0.4, 0.5) is 4.79 Å². The standard InChI is InChI=1S/C21H31N3O/c25-20(24-14-11-21(17-24)9-4-10-21)22-15-18-7-12-23(13-8-18)16-19-5-2-1-3-6-19/h1-3,5-6,18H,4,7-17H2,(H,22,25). The second-order valence-corrected chi connectivity index (χ2v) is 8.42. The maximum atomic E-state index is 12.4. The van der Waals surface area contributed by atoms with Crippen molar-refractivity contribution in [1.82, 2.24) is 15.1 Å². The van der Waals surface area contributed by atoms with Gasteiger partial charge >= 0.3 is 6.03 Å². The first-order valence-corrected chi connectivity index (χ1v) is 10.0. The number of carbonyl (C=O) groups excluding carboxylic acids is 1. The lowest BCUT2D eigenvalue weighted by Crippen LogP contribution is -2.44. The number of nitrogens with zero attached hydrogens (tertiary/aromatic N) is 2. The minimum atomic E-state index is 0.176. The van der Waals surface area contributed by atoms with Gasteiger partial charge in [0.05, 0.1) is 0 Å². The maximum absolute atomic E-state index is 12.4. The summed E-state index contributed by atoms with van der Waals surface area (Å²) in [6.07, 6.45) is 7.62. The van der Waals surface area contributed by atoms with Gasteiger partial charge in [0.2, 0.25) is 0 Å². The van der Waals surface area contributed by atoms with E-state index in [1.165, 1.54) is 44.1 Å². The number of piperidine rings is 1. The summed E-state index contributed by atoms with van der Waals surface area (Å²) in [5.74, 6) is 0.635. The maximum Gasteiger partial charge on any atom is 0.317 e. The number of likely N-dealkylation sites (tertiary alicyclic amines) is 2. The van der Waals surface area contributed by atoms with Crippen LogP contribution in [0.1, 0.15) is 44.1 Å². The second-order valence-electron chi connectivity index (χ2n) is 8.42. The van der Waals surface area contributed by atoms with Crippen molar-refractivity contribution in [3.05, 3.63) is 35.9 Å². The minimum absolute atomic E-state index is 0.176. The lowest BCUT2D eigenvalue weighted by molar-refractivity contribution is 0.139. The molecule has 4 nitrogen and oxygen atoms in total. The van der Waals surface area contributed by atoms with E-state index in [1.54, 1.807) is 0 Å². The summed E-state index contributed by atoms with van der Waals surface area (Å²) in [6, 6.07) is 10.9. The fourth-order valence-electron chi connectivity index (χ4n) is 4.73. The molecule has 2 heterocycles. The molecule has 2 saturated heterocycles. The highest BCUT2D eigenvalue weighted by Crippen LogP contribution is 2.47. The molecule has 1 aromatic rings. The monoisotopic (exact) mass is 341 g/mol. The largest absolute Gasteiger partial charge is 0.338 e. The molecule has 1 aliphatic carbocycles. The highest BCUT2D eigenvalue weighted by atomic mass is 16.2. The quantitative estimate of drug-likeness (QED) is 0.910. The third kappa shape index (κ3) is 4.00. The minimum Gasteiger partial charge on any atom is -0.338 e. The summed E-state index contributed by atoms with van der Waals surface area (Å²) in [4.78, 5) is 17.0. The lowest BCUT2D eigenvalue weighted by atomic mass is 9.68. The van der Waals surface area contributed by atoms with Crippen molar-refractivity contribution in [2.75, 3.05) is 32.7 Å². The number of hydrogen-bond acceptors (Lipinski definition) is 2. The Morgan fingerprint density at radius 1 is 1.08 bits per heavy atom. The zero-order valence-corrected chi connectivity index (χ0v) is 15.3. The predicted octanol–water partition coefficient (Wildman–Crippen LogP) is 3.48. The summed E-state index contributed by atoms with van der Waals surface area (Å²) < 4.78 is 0. The topological polar surface area (TPSA) is 35.6 Å². The Hall–Kier alpha value is -1.55. The molecule has 0 bridgehead atoms. The Kier molecular flexibility index (Phi) is 4.98. The van der Waals surface area contributed by atoms with E-state index in [4.69, 9.17) is 0 Å². The summed E-state index contributed by atoms with van der Waals surface area (Å²) in [7, 11) is 0. The molecule has 3 aliphatic rings. The van der Waals surface area contributed by atoms with Crippen LogP contribution in [0, 0.1) is 11.3 Å². The van der Waals surface area contributed by atoms with Gasteiger partial charge in [-0.1, -0.05) is 36.8 Å². The summed E-state index contributed by atoms with van der Waals surface area (Å²) in [5, 5.41) is 3.21. The predicted molar refractivity (Wildman–Crippen MR) is 100 cm³/mol. The van der Waals surface area contributed by atoms with Gasteiger partial charge in [-0.05, 0) is 62.1 Å². The molecular weight excluding hydrogens is 310 g/mol. The Bertz CT molecular complexity index is 576. The molecule has 4 rings (SSSR count). The highest BCUT2D eigenvalue weighted by molar-refractivity contribution is 5.74. The van der Waals surface area contributed by atoms with E-state index >= 15 is 0 Å². The van der Waals surface area contributed by atoms with Crippen LogP contribution >= 0.6 is 0 Å². The van der Waals surface area contributed by atoms with Gasteiger partial charge in [0.1, 0.15) is 0 Å². The van der Waals surface area contributed by atoms with Crippen molar-refractivity contribution in [2.45, 2.75) is 45.1 Å². The number of rotatable bonds is 4. The van der Waals surface area contributed by atoms with Crippen LogP contribution in [-0.2, 0) is 6.54 Å². The van der Waals surface area contributed by atoms with Crippen molar-refractivity contribution in [3.8, 4) is 0 Å². The van der Waals surface area contributed by atoms with Crippen molar-refractivity contribution in [1.29, 1.82) is 0 Å². The van der Waals surface area contributed by atoms with E-state index in [2.05, 4.69) is 45.4 Å². The van der Waals surface area contributed by atoms with Crippen molar-refractivity contribution in [3.63, 3.8) is 0 Å². The Morgan fingerprint density at radius 2 is 1.84 bits per heavy atom. The van der Waals surface area contributed by atoms with Gasteiger partial charge in [0, 0.05) is 26.2 Å². The van der Waals surface area contributed by atoms with E-state index in [1.807, 2.05) is 0 Å². The molecule has 1 aromatic carbocycles. The average molecular weight is 341 g/mol. The second kappa shape index (κ2) is 7.36. The van der Waals surface area contributed by atoms with Gasteiger partial charge in [0.15, 0.2) is 0 Å². The molecule has 2 aliphatic heterocycles. The average Bonchev–Trinajstić information content (AvgIpc) is 3.08. The number of amides is 2. The van der Waals surface area contributed by atoms with Gasteiger partial charge in [-0.25, -0.2) is 4.79 Å². The zero-order chi connectivity index (χ0) is 17.1. The van der Waals surface area contributed by atoms with E-state index in [-0.39, 0.29) is 6.03 Å². The fourth-order valence-corrected chi connectivity index (χ4v) is 4.73. The van der Waals surface area contributed by atoms with Crippen LogP contribution in [0.25, 0.3) is 0 Å². The summed E-state index contributed by atoms with van der Waals surface area (Å²) in [5.41, 5.74) is 1.90. The van der Waals surface area contributed by atoms with E-state index in [0.29, 0.717) is 11.3 Å².